The Morgan fingerprint density at radius 1 is 1.13 bits per heavy atom. The fourth-order valence-corrected chi connectivity index (χ4v) is 4.05. The van der Waals surface area contributed by atoms with Gasteiger partial charge in [0.05, 0.1) is 11.9 Å². The van der Waals surface area contributed by atoms with Crippen LogP contribution in [0.5, 0.6) is 0 Å². The highest BCUT2D eigenvalue weighted by molar-refractivity contribution is 9.10. The van der Waals surface area contributed by atoms with E-state index in [1.54, 1.807) is 38.1 Å². The van der Waals surface area contributed by atoms with Crippen molar-refractivity contribution in [1.29, 1.82) is 0 Å². The SMILES string of the molecule is CCNC(=O)[C@@H](C)N(Cc1ccc(Br)cc1)C(=O)CN(c1ccccc1F)S(C)(=O)=O. The van der Waals surface area contributed by atoms with Crippen molar-refractivity contribution < 1.29 is 22.4 Å². The highest BCUT2D eigenvalue weighted by atomic mass is 79.9. The molecule has 2 amide bonds. The van der Waals surface area contributed by atoms with E-state index in [1.165, 1.54) is 23.1 Å². The molecule has 0 radical (unpaired) electrons. The maximum absolute atomic E-state index is 14.3. The van der Waals surface area contributed by atoms with Crippen LogP contribution < -0.4 is 9.62 Å². The Hall–Kier alpha value is -2.46. The Bertz CT molecular complexity index is 1030. The number of likely N-dealkylation sites (N-methyl/N-ethyl adjacent to an activating group) is 1. The second-order valence-corrected chi connectivity index (χ2v) is 9.76. The molecule has 0 heterocycles. The van der Waals surface area contributed by atoms with Crippen molar-refractivity contribution in [3.05, 3.63) is 64.4 Å². The van der Waals surface area contributed by atoms with Crippen LogP contribution in [0.25, 0.3) is 0 Å². The maximum Gasteiger partial charge on any atom is 0.244 e. The smallest absolute Gasteiger partial charge is 0.244 e. The standard InChI is InChI=1S/C21H25BrFN3O4S/c1-4-24-21(28)15(2)25(13-16-9-11-17(22)12-10-16)20(27)14-26(31(3,29)30)19-8-6-5-7-18(19)23/h5-12,15H,4,13-14H2,1-3H3,(H,24,28)/t15-/m1/s1. The molecule has 0 saturated carbocycles. The number of amides is 2. The van der Waals surface area contributed by atoms with Gasteiger partial charge < -0.3 is 10.2 Å². The predicted molar refractivity (Wildman–Crippen MR) is 121 cm³/mol. The van der Waals surface area contributed by atoms with Gasteiger partial charge in [-0.1, -0.05) is 40.2 Å². The van der Waals surface area contributed by atoms with Crippen LogP contribution in [0, 0.1) is 5.82 Å². The molecule has 0 unspecified atom stereocenters. The Morgan fingerprint density at radius 3 is 2.29 bits per heavy atom. The molecule has 0 aromatic heterocycles. The Morgan fingerprint density at radius 2 is 1.74 bits per heavy atom. The van der Waals surface area contributed by atoms with Crippen molar-refractivity contribution >= 4 is 43.5 Å². The first-order chi connectivity index (χ1) is 14.5. The van der Waals surface area contributed by atoms with Crippen LogP contribution in [0.1, 0.15) is 19.4 Å². The van der Waals surface area contributed by atoms with Crippen LogP contribution in [0.2, 0.25) is 0 Å². The Kier molecular flexibility index (Phi) is 8.58. The average Bonchev–Trinajstić information content (AvgIpc) is 2.71. The fourth-order valence-electron chi connectivity index (χ4n) is 2.94. The van der Waals surface area contributed by atoms with Crippen LogP contribution >= 0.6 is 15.9 Å². The number of nitrogens with one attached hydrogen (secondary N) is 1. The second-order valence-electron chi connectivity index (χ2n) is 6.94. The highest BCUT2D eigenvalue weighted by Gasteiger charge is 2.30. The molecule has 2 aromatic rings. The minimum atomic E-state index is -3.96. The summed E-state index contributed by atoms with van der Waals surface area (Å²) in [4.78, 5) is 26.9. The zero-order chi connectivity index (χ0) is 23.2. The molecule has 1 N–H and O–H groups in total. The quantitative estimate of drug-likeness (QED) is 0.558. The van der Waals surface area contributed by atoms with Crippen LogP contribution in [0.4, 0.5) is 10.1 Å². The number of sulfonamides is 1. The Balaban J connectivity index is 2.38. The van der Waals surface area contributed by atoms with Crippen LogP contribution in [0.3, 0.4) is 0 Å². The third-order valence-corrected chi connectivity index (χ3v) is 6.24. The van der Waals surface area contributed by atoms with Gasteiger partial charge in [0.25, 0.3) is 0 Å². The molecule has 2 rings (SSSR count). The zero-order valence-corrected chi connectivity index (χ0v) is 19.9. The molecule has 0 bridgehead atoms. The van der Waals surface area contributed by atoms with E-state index in [0.29, 0.717) is 10.8 Å². The molecule has 7 nitrogen and oxygen atoms in total. The summed E-state index contributed by atoms with van der Waals surface area (Å²) in [6.45, 7) is 3.15. The molecule has 0 aliphatic rings. The number of para-hydroxylation sites is 1. The number of rotatable bonds is 9. The van der Waals surface area contributed by atoms with Gasteiger partial charge in [0.15, 0.2) is 0 Å². The molecular formula is C21H25BrFN3O4S. The highest BCUT2D eigenvalue weighted by Crippen LogP contribution is 2.22. The summed E-state index contributed by atoms with van der Waals surface area (Å²) in [5.41, 5.74) is 0.525. The number of halogens is 2. The lowest BCUT2D eigenvalue weighted by molar-refractivity contribution is -0.139. The molecule has 10 heteroatoms. The van der Waals surface area contributed by atoms with Gasteiger partial charge >= 0.3 is 0 Å². The van der Waals surface area contributed by atoms with Gasteiger partial charge in [0, 0.05) is 17.6 Å². The van der Waals surface area contributed by atoms with E-state index in [9.17, 15) is 22.4 Å². The van der Waals surface area contributed by atoms with E-state index in [-0.39, 0.29) is 18.1 Å². The van der Waals surface area contributed by atoms with E-state index in [0.717, 1.165) is 22.4 Å². The number of hydrogen-bond donors (Lipinski definition) is 1. The topological polar surface area (TPSA) is 86.8 Å². The Labute approximate surface area is 190 Å². The summed E-state index contributed by atoms with van der Waals surface area (Å²) < 4.78 is 40.6. The number of hydrogen-bond acceptors (Lipinski definition) is 4. The van der Waals surface area contributed by atoms with Crippen LogP contribution in [-0.4, -0.2) is 50.5 Å². The summed E-state index contributed by atoms with van der Waals surface area (Å²) >= 11 is 3.35. The lowest BCUT2D eigenvalue weighted by Crippen LogP contribution is -2.51. The summed E-state index contributed by atoms with van der Waals surface area (Å²) in [6, 6.07) is 11.6. The maximum atomic E-state index is 14.3. The summed E-state index contributed by atoms with van der Waals surface area (Å²) in [5.74, 6) is -1.77. The summed E-state index contributed by atoms with van der Waals surface area (Å²) in [5, 5.41) is 2.67. The number of carbonyl (C=O) groups is 2. The van der Waals surface area contributed by atoms with E-state index >= 15 is 0 Å². The second kappa shape index (κ2) is 10.7. The van der Waals surface area contributed by atoms with Crippen molar-refractivity contribution in [2.24, 2.45) is 0 Å². The van der Waals surface area contributed by atoms with Crippen LogP contribution in [-0.2, 0) is 26.2 Å². The fraction of sp³-hybridized carbons (Fsp3) is 0.333. The lowest BCUT2D eigenvalue weighted by Gasteiger charge is -2.31. The van der Waals surface area contributed by atoms with Gasteiger partial charge in [0.2, 0.25) is 21.8 Å². The molecular weight excluding hydrogens is 489 g/mol. The van der Waals surface area contributed by atoms with Crippen molar-refractivity contribution in [1.82, 2.24) is 10.2 Å². The first-order valence-electron chi connectivity index (χ1n) is 9.58. The van der Waals surface area contributed by atoms with E-state index in [1.807, 2.05) is 0 Å². The third-order valence-electron chi connectivity index (χ3n) is 4.58. The summed E-state index contributed by atoms with van der Waals surface area (Å²) in [7, 11) is -3.96. The van der Waals surface area contributed by atoms with Gasteiger partial charge in [-0.15, -0.1) is 0 Å². The van der Waals surface area contributed by atoms with Crippen molar-refractivity contribution in [3.63, 3.8) is 0 Å². The molecule has 0 saturated heterocycles. The number of carbonyl (C=O) groups excluding carboxylic acids is 2. The van der Waals surface area contributed by atoms with Gasteiger partial charge in [-0.3, -0.25) is 13.9 Å². The van der Waals surface area contributed by atoms with Crippen molar-refractivity contribution in [2.75, 3.05) is 23.7 Å². The molecule has 168 valence electrons. The molecule has 0 fully saturated rings. The molecule has 0 aliphatic carbocycles. The van der Waals surface area contributed by atoms with Gasteiger partial charge in [-0.05, 0) is 43.7 Å². The predicted octanol–water partition coefficient (Wildman–Crippen LogP) is 2.91. The van der Waals surface area contributed by atoms with E-state index in [4.69, 9.17) is 0 Å². The monoisotopic (exact) mass is 513 g/mol. The van der Waals surface area contributed by atoms with Crippen molar-refractivity contribution in [2.45, 2.75) is 26.4 Å². The molecule has 0 spiro atoms. The molecule has 0 aliphatic heterocycles. The van der Waals surface area contributed by atoms with Crippen LogP contribution in [0.15, 0.2) is 53.0 Å². The van der Waals surface area contributed by atoms with Crippen molar-refractivity contribution in [3.8, 4) is 0 Å². The molecule has 1 atom stereocenters. The summed E-state index contributed by atoms with van der Waals surface area (Å²) in [6.07, 6.45) is 0.902. The number of benzene rings is 2. The first-order valence-corrected chi connectivity index (χ1v) is 12.2. The van der Waals surface area contributed by atoms with Gasteiger partial charge in [0.1, 0.15) is 18.4 Å². The largest absolute Gasteiger partial charge is 0.355 e. The van der Waals surface area contributed by atoms with E-state index < -0.39 is 34.3 Å². The number of anilines is 1. The zero-order valence-electron chi connectivity index (χ0n) is 17.5. The minimum absolute atomic E-state index is 0.0826. The minimum Gasteiger partial charge on any atom is -0.355 e. The van der Waals surface area contributed by atoms with Gasteiger partial charge in [-0.25, -0.2) is 12.8 Å². The number of nitrogens with zero attached hydrogens (tertiary/aromatic N) is 2. The third kappa shape index (κ3) is 6.76. The molecule has 2 aromatic carbocycles. The first kappa shape index (κ1) is 24.8. The van der Waals surface area contributed by atoms with E-state index in [2.05, 4.69) is 21.2 Å². The average molecular weight is 514 g/mol. The van der Waals surface area contributed by atoms with Gasteiger partial charge in [-0.2, -0.15) is 0 Å². The normalized spacial score (nSPS) is 12.2. The molecule has 31 heavy (non-hydrogen) atoms. The lowest BCUT2D eigenvalue weighted by atomic mass is 10.1.